The van der Waals surface area contributed by atoms with Crippen LogP contribution in [0.25, 0.3) is 0 Å². The molecule has 17 heavy (non-hydrogen) atoms. The molecule has 0 amide bonds. The molecule has 0 aliphatic rings. The van der Waals surface area contributed by atoms with Gasteiger partial charge >= 0.3 is 12.1 Å². The number of hydrogen-bond acceptors (Lipinski definition) is 2. The zero-order valence-corrected chi connectivity index (χ0v) is 9.32. The molecule has 0 spiro atoms. The van der Waals surface area contributed by atoms with Crippen molar-refractivity contribution in [1.82, 2.24) is 0 Å². The van der Waals surface area contributed by atoms with E-state index in [0.29, 0.717) is 12.1 Å². The molecule has 0 aromatic heterocycles. The largest absolute Gasteiger partial charge is 0.469 e. The van der Waals surface area contributed by atoms with Gasteiger partial charge in [0.05, 0.1) is 24.1 Å². The van der Waals surface area contributed by atoms with Crippen LogP contribution in [0.3, 0.4) is 0 Å². The van der Waals surface area contributed by atoms with Crippen LogP contribution >= 0.6 is 11.6 Å². The summed E-state index contributed by atoms with van der Waals surface area (Å²) >= 11 is 5.33. The monoisotopic (exact) mass is 270 g/mol. The predicted octanol–water partition coefficient (Wildman–Crippen LogP) is 3.21. The molecule has 0 saturated carbocycles. The Bertz CT molecular complexity index is 443. The van der Waals surface area contributed by atoms with Crippen molar-refractivity contribution in [3.63, 3.8) is 0 Å². The van der Waals surface area contributed by atoms with Gasteiger partial charge in [-0.1, -0.05) is 11.6 Å². The lowest BCUT2D eigenvalue weighted by molar-refractivity contribution is -0.141. The van der Waals surface area contributed by atoms with Gasteiger partial charge < -0.3 is 4.74 Å². The summed E-state index contributed by atoms with van der Waals surface area (Å²) < 4.78 is 55.1. The number of hydrogen-bond donors (Lipinski definition) is 0. The molecule has 0 aliphatic carbocycles. The average molecular weight is 271 g/mol. The molecule has 0 saturated heterocycles. The summed E-state index contributed by atoms with van der Waals surface area (Å²) in [4.78, 5) is 10.9. The van der Waals surface area contributed by atoms with E-state index in [-0.39, 0.29) is 0 Å². The topological polar surface area (TPSA) is 26.3 Å². The van der Waals surface area contributed by atoms with Gasteiger partial charge in [0.15, 0.2) is 0 Å². The maximum Gasteiger partial charge on any atom is 0.418 e. The summed E-state index contributed by atoms with van der Waals surface area (Å²) in [7, 11) is 1.02. The molecule has 1 aromatic carbocycles. The Morgan fingerprint density at radius 2 is 2.00 bits per heavy atom. The van der Waals surface area contributed by atoms with Crippen LogP contribution in [0.5, 0.6) is 0 Å². The van der Waals surface area contributed by atoms with Crippen LogP contribution in [0, 0.1) is 5.82 Å². The lowest BCUT2D eigenvalue weighted by Crippen LogP contribution is -2.14. The summed E-state index contributed by atoms with van der Waals surface area (Å²) in [5, 5.41) is -0.781. The summed E-state index contributed by atoms with van der Waals surface area (Å²) in [5.41, 5.74) is -1.76. The molecular weight excluding hydrogens is 264 g/mol. The minimum Gasteiger partial charge on any atom is -0.469 e. The third kappa shape index (κ3) is 3.33. The van der Waals surface area contributed by atoms with Crippen molar-refractivity contribution in [2.75, 3.05) is 7.11 Å². The van der Waals surface area contributed by atoms with Crippen LogP contribution in [0.4, 0.5) is 17.6 Å². The van der Waals surface area contributed by atoms with Gasteiger partial charge in [-0.15, -0.1) is 0 Å². The fourth-order valence-electron chi connectivity index (χ4n) is 1.31. The Morgan fingerprint density at radius 1 is 1.41 bits per heavy atom. The quantitative estimate of drug-likeness (QED) is 0.609. The number of alkyl halides is 3. The van der Waals surface area contributed by atoms with Crippen LogP contribution in [0.15, 0.2) is 12.1 Å². The van der Waals surface area contributed by atoms with Crippen molar-refractivity contribution in [2.24, 2.45) is 0 Å². The normalized spacial score (nSPS) is 11.4. The number of benzene rings is 1. The van der Waals surface area contributed by atoms with Crippen molar-refractivity contribution in [3.05, 3.63) is 34.1 Å². The Morgan fingerprint density at radius 3 is 2.47 bits per heavy atom. The second-order valence-electron chi connectivity index (χ2n) is 3.17. The Kier molecular flexibility index (Phi) is 3.98. The van der Waals surface area contributed by atoms with Gasteiger partial charge in [-0.2, -0.15) is 13.2 Å². The summed E-state index contributed by atoms with van der Waals surface area (Å²) in [5.74, 6) is -1.85. The average Bonchev–Trinajstić information content (AvgIpc) is 2.13. The van der Waals surface area contributed by atoms with Crippen molar-refractivity contribution < 1.29 is 27.1 Å². The first-order valence-electron chi connectivity index (χ1n) is 4.37. The first kappa shape index (κ1) is 13.8. The lowest BCUT2D eigenvalue weighted by atomic mass is 10.0. The van der Waals surface area contributed by atoms with E-state index >= 15 is 0 Å². The first-order valence-corrected chi connectivity index (χ1v) is 4.75. The fourth-order valence-corrected chi connectivity index (χ4v) is 1.64. The second kappa shape index (κ2) is 4.91. The highest BCUT2D eigenvalue weighted by Crippen LogP contribution is 2.38. The van der Waals surface area contributed by atoms with Gasteiger partial charge in [-0.05, 0) is 17.7 Å². The van der Waals surface area contributed by atoms with Gasteiger partial charge in [0.1, 0.15) is 5.82 Å². The smallest absolute Gasteiger partial charge is 0.418 e. The Balaban J connectivity index is 3.31. The van der Waals surface area contributed by atoms with E-state index in [2.05, 4.69) is 4.74 Å². The van der Waals surface area contributed by atoms with Crippen molar-refractivity contribution in [1.29, 1.82) is 0 Å². The molecule has 0 atom stereocenters. The zero-order chi connectivity index (χ0) is 13.2. The van der Waals surface area contributed by atoms with Crippen LogP contribution in [-0.2, 0) is 22.1 Å². The molecular formula is C10H7ClF4O2. The number of carbonyl (C=O) groups is 1. The number of carbonyl (C=O) groups excluding carboxylic acids is 1. The highest BCUT2D eigenvalue weighted by atomic mass is 35.5. The molecule has 7 heteroatoms. The van der Waals surface area contributed by atoms with E-state index in [0.717, 1.165) is 7.11 Å². The number of rotatable bonds is 2. The van der Waals surface area contributed by atoms with Crippen molar-refractivity contribution in [3.8, 4) is 0 Å². The highest BCUT2D eigenvalue weighted by Gasteiger charge is 2.36. The van der Waals surface area contributed by atoms with Gasteiger partial charge in [0.2, 0.25) is 0 Å². The summed E-state index contributed by atoms with van der Waals surface area (Å²) in [6.45, 7) is 0. The maximum absolute atomic E-state index is 12.9. The molecule has 2 nitrogen and oxygen atoms in total. The molecule has 94 valence electrons. The van der Waals surface area contributed by atoms with Crippen LogP contribution in [0.2, 0.25) is 5.02 Å². The SMILES string of the molecule is COC(=O)Cc1cc(F)cc(Cl)c1C(F)(F)F. The van der Waals surface area contributed by atoms with Gasteiger partial charge in [-0.3, -0.25) is 4.79 Å². The number of halogens is 5. The van der Waals surface area contributed by atoms with E-state index < -0.39 is 40.5 Å². The molecule has 1 rings (SSSR count). The van der Waals surface area contributed by atoms with Gasteiger partial charge in [-0.25, -0.2) is 4.39 Å². The second-order valence-corrected chi connectivity index (χ2v) is 3.58. The Labute approximate surface area is 99.1 Å². The maximum atomic E-state index is 12.9. The van der Waals surface area contributed by atoms with Gasteiger partial charge in [0, 0.05) is 0 Å². The van der Waals surface area contributed by atoms with E-state index in [1.54, 1.807) is 0 Å². The van der Waals surface area contributed by atoms with Crippen LogP contribution in [-0.4, -0.2) is 13.1 Å². The van der Waals surface area contributed by atoms with Gasteiger partial charge in [0.25, 0.3) is 0 Å². The summed E-state index contributed by atoms with van der Waals surface area (Å²) in [6.07, 6.45) is -5.45. The molecule has 0 radical (unpaired) electrons. The third-order valence-corrected chi connectivity index (χ3v) is 2.28. The third-order valence-electron chi connectivity index (χ3n) is 1.98. The minimum absolute atomic E-state index is 0.547. The predicted molar refractivity (Wildman–Crippen MR) is 52.1 cm³/mol. The fraction of sp³-hybridized carbons (Fsp3) is 0.300. The van der Waals surface area contributed by atoms with E-state index in [9.17, 15) is 22.4 Å². The molecule has 0 unspecified atom stereocenters. The number of esters is 1. The minimum atomic E-state index is -4.76. The van der Waals surface area contributed by atoms with E-state index in [1.165, 1.54) is 0 Å². The molecule has 0 aliphatic heterocycles. The number of ether oxygens (including phenoxy) is 1. The molecule has 1 aromatic rings. The zero-order valence-electron chi connectivity index (χ0n) is 8.57. The molecule has 0 bridgehead atoms. The Hall–Kier alpha value is -1.30. The van der Waals surface area contributed by atoms with Crippen LogP contribution < -0.4 is 0 Å². The standard InChI is InChI=1S/C10H7ClF4O2/c1-17-8(16)3-5-2-6(12)4-7(11)9(5)10(13,14)15/h2,4H,3H2,1H3. The summed E-state index contributed by atoms with van der Waals surface area (Å²) in [6, 6.07) is 1.16. The molecule has 0 heterocycles. The van der Waals surface area contributed by atoms with Crippen molar-refractivity contribution in [2.45, 2.75) is 12.6 Å². The lowest BCUT2D eigenvalue weighted by Gasteiger charge is -2.14. The first-order chi connectivity index (χ1) is 7.75. The van der Waals surface area contributed by atoms with E-state index in [4.69, 9.17) is 11.6 Å². The van der Waals surface area contributed by atoms with Crippen LogP contribution in [0.1, 0.15) is 11.1 Å². The van der Waals surface area contributed by atoms with Crippen molar-refractivity contribution >= 4 is 17.6 Å². The van der Waals surface area contributed by atoms with E-state index in [1.807, 2.05) is 0 Å². The highest BCUT2D eigenvalue weighted by molar-refractivity contribution is 6.31. The number of methoxy groups -OCH3 is 1. The molecule has 0 N–H and O–H groups in total. The molecule has 0 fully saturated rings.